The Morgan fingerprint density at radius 1 is 1.12 bits per heavy atom. The molecule has 4 rings (SSSR count). The highest BCUT2D eigenvalue weighted by atomic mass is 32.2. The summed E-state index contributed by atoms with van der Waals surface area (Å²) < 4.78 is 53.1. The normalized spacial score (nSPS) is 29.2. The summed E-state index contributed by atoms with van der Waals surface area (Å²) in [5.41, 5.74) is -0.167. The molecule has 41 heavy (non-hydrogen) atoms. The van der Waals surface area contributed by atoms with Crippen LogP contribution in [0.1, 0.15) is 52.0 Å². The fraction of sp³-hybridized carbons (Fsp3) is 0.724. The Hall–Kier alpha value is -2.02. The summed E-state index contributed by atoms with van der Waals surface area (Å²) in [6.45, 7) is 8.36. The lowest BCUT2D eigenvalue weighted by Crippen LogP contribution is -2.64. The molecule has 1 saturated heterocycles. The number of amides is 2. The first-order valence-corrected chi connectivity index (χ1v) is 18.0. The summed E-state index contributed by atoms with van der Waals surface area (Å²) in [5, 5.41) is 3.24. The van der Waals surface area contributed by atoms with Crippen molar-refractivity contribution < 1.29 is 26.4 Å². The standard InChI is InChI=1S/C29H46N4O6S2/c1-21-10-8-9-11-23(21)33-16-15-32(19-25(33)34)41(38,39)20-29-14-12-22(27(29,2)3)18-28(29,4)30-26(35)24(31(5)6)13-17-40(7,36)37/h8-11,22,24H,12-20H2,1-7H3,(H,30,35)/t22-,24-,28-,29+/m0/s1. The topological polar surface area (TPSA) is 124 Å². The molecule has 3 aliphatic rings. The van der Waals surface area contributed by atoms with Crippen LogP contribution in [-0.2, 0) is 29.4 Å². The van der Waals surface area contributed by atoms with E-state index in [9.17, 15) is 26.4 Å². The summed E-state index contributed by atoms with van der Waals surface area (Å²) in [6.07, 6.45) is 3.47. The van der Waals surface area contributed by atoms with Gasteiger partial charge in [0.15, 0.2) is 0 Å². The van der Waals surface area contributed by atoms with Gasteiger partial charge in [-0.1, -0.05) is 32.0 Å². The number of aryl methyl sites for hydroxylation is 1. The average molecular weight is 611 g/mol. The zero-order valence-electron chi connectivity index (χ0n) is 25.4. The van der Waals surface area contributed by atoms with Gasteiger partial charge in [-0.2, -0.15) is 4.31 Å². The van der Waals surface area contributed by atoms with E-state index in [2.05, 4.69) is 19.2 Å². The van der Waals surface area contributed by atoms with E-state index in [0.29, 0.717) is 12.8 Å². The number of rotatable bonds is 10. The third-order valence-corrected chi connectivity index (χ3v) is 13.3. The van der Waals surface area contributed by atoms with E-state index >= 15 is 0 Å². The van der Waals surface area contributed by atoms with E-state index in [4.69, 9.17) is 0 Å². The Bertz CT molecular complexity index is 1410. The smallest absolute Gasteiger partial charge is 0.242 e. The van der Waals surface area contributed by atoms with Gasteiger partial charge in [-0.25, -0.2) is 16.8 Å². The molecular weight excluding hydrogens is 564 g/mol. The number of hydrogen-bond donors (Lipinski definition) is 1. The first kappa shape index (κ1) is 31.9. The Morgan fingerprint density at radius 3 is 2.34 bits per heavy atom. The van der Waals surface area contributed by atoms with Crippen molar-refractivity contribution in [3.8, 4) is 0 Å². The number of nitrogens with zero attached hydrogens (tertiary/aromatic N) is 3. The molecule has 0 unspecified atom stereocenters. The summed E-state index contributed by atoms with van der Waals surface area (Å²) in [5.74, 6) is -0.582. The number of fused-ring (bicyclic) bond motifs is 2. The van der Waals surface area contributed by atoms with Gasteiger partial charge in [0.2, 0.25) is 21.8 Å². The van der Waals surface area contributed by atoms with Crippen LogP contribution in [0.2, 0.25) is 0 Å². The second-order valence-corrected chi connectivity index (χ2v) is 17.6. The minimum atomic E-state index is -3.86. The van der Waals surface area contributed by atoms with Crippen LogP contribution in [-0.4, -0.2) is 101 Å². The van der Waals surface area contributed by atoms with Crippen LogP contribution in [0.3, 0.4) is 0 Å². The maximum atomic E-state index is 14.1. The van der Waals surface area contributed by atoms with Crippen molar-refractivity contribution in [1.29, 1.82) is 0 Å². The predicted molar refractivity (Wildman–Crippen MR) is 161 cm³/mol. The van der Waals surface area contributed by atoms with E-state index in [-0.39, 0.29) is 60.7 Å². The van der Waals surface area contributed by atoms with Crippen LogP contribution in [0.5, 0.6) is 0 Å². The van der Waals surface area contributed by atoms with Gasteiger partial charge in [0, 0.05) is 36.0 Å². The minimum Gasteiger partial charge on any atom is -0.349 e. The molecular formula is C29H46N4O6S2. The molecule has 1 N–H and O–H groups in total. The van der Waals surface area contributed by atoms with Gasteiger partial charge >= 0.3 is 0 Å². The molecule has 3 fully saturated rings. The molecule has 12 heteroatoms. The lowest BCUT2D eigenvalue weighted by molar-refractivity contribution is -0.129. The summed E-state index contributed by atoms with van der Waals surface area (Å²) in [4.78, 5) is 30.2. The lowest BCUT2D eigenvalue weighted by atomic mass is 9.63. The van der Waals surface area contributed by atoms with Crippen molar-refractivity contribution in [3.05, 3.63) is 29.8 Å². The average Bonchev–Trinajstić information content (AvgIpc) is 3.16. The molecule has 0 radical (unpaired) electrons. The summed E-state index contributed by atoms with van der Waals surface area (Å²) >= 11 is 0. The molecule has 10 nitrogen and oxygen atoms in total. The highest BCUT2D eigenvalue weighted by Gasteiger charge is 2.71. The second kappa shape index (κ2) is 10.9. The SMILES string of the molecule is Cc1ccccc1N1CCN(S(=O)(=O)C[C@@]23CC[C@@H](C[C@]2(C)NC(=O)[C@H](CCS(C)(=O)=O)N(C)C)C3(C)C)CC1=O. The van der Waals surface area contributed by atoms with Crippen LogP contribution >= 0.6 is 0 Å². The zero-order chi connectivity index (χ0) is 30.6. The Morgan fingerprint density at radius 2 is 1.78 bits per heavy atom. The number of benzene rings is 1. The van der Waals surface area contributed by atoms with Crippen LogP contribution in [0.15, 0.2) is 24.3 Å². The molecule has 2 bridgehead atoms. The number of hydrogen-bond acceptors (Lipinski definition) is 7. The van der Waals surface area contributed by atoms with Crippen molar-refractivity contribution in [1.82, 2.24) is 14.5 Å². The Kier molecular flexibility index (Phi) is 8.49. The van der Waals surface area contributed by atoms with Gasteiger partial charge in [0.1, 0.15) is 9.84 Å². The number of sulfonamides is 1. The molecule has 2 saturated carbocycles. The number of carbonyl (C=O) groups excluding carboxylic acids is 2. The number of nitrogens with one attached hydrogen (secondary N) is 1. The number of likely N-dealkylation sites (N-methyl/N-ethyl adjacent to an activating group) is 1. The van der Waals surface area contributed by atoms with E-state index in [1.165, 1.54) is 4.31 Å². The highest BCUT2D eigenvalue weighted by molar-refractivity contribution is 7.90. The van der Waals surface area contributed by atoms with Crippen molar-refractivity contribution in [2.75, 3.05) is 56.4 Å². The van der Waals surface area contributed by atoms with Gasteiger partial charge in [-0.05, 0) is 76.6 Å². The maximum Gasteiger partial charge on any atom is 0.242 e. The zero-order valence-corrected chi connectivity index (χ0v) is 27.1. The third-order valence-electron chi connectivity index (χ3n) is 10.4. The van der Waals surface area contributed by atoms with Crippen molar-refractivity contribution in [3.63, 3.8) is 0 Å². The number of sulfone groups is 1. The number of piperazine rings is 1. The molecule has 1 aromatic carbocycles. The maximum absolute atomic E-state index is 14.1. The first-order valence-electron chi connectivity index (χ1n) is 14.3. The van der Waals surface area contributed by atoms with Gasteiger partial charge in [-0.3, -0.25) is 14.5 Å². The number of carbonyl (C=O) groups is 2. The molecule has 0 aromatic heterocycles. The molecule has 2 aliphatic carbocycles. The van der Waals surface area contributed by atoms with Gasteiger partial charge < -0.3 is 10.2 Å². The number of anilines is 1. The largest absolute Gasteiger partial charge is 0.349 e. The molecule has 2 amide bonds. The Labute approximate surface area is 245 Å². The van der Waals surface area contributed by atoms with Crippen LogP contribution < -0.4 is 10.2 Å². The molecule has 230 valence electrons. The van der Waals surface area contributed by atoms with Crippen molar-refractivity contribution in [2.24, 2.45) is 16.7 Å². The molecule has 0 spiro atoms. The number of para-hydroxylation sites is 1. The van der Waals surface area contributed by atoms with Crippen molar-refractivity contribution in [2.45, 2.75) is 65.0 Å². The van der Waals surface area contributed by atoms with E-state index < -0.39 is 36.9 Å². The third kappa shape index (κ3) is 5.81. The first-order chi connectivity index (χ1) is 18.8. The van der Waals surface area contributed by atoms with E-state index in [1.807, 2.05) is 38.1 Å². The highest BCUT2D eigenvalue weighted by Crippen LogP contribution is 2.70. The fourth-order valence-electron chi connectivity index (χ4n) is 7.83. The molecule has 1 aromatic rings. The minimum absolute atomic E-state index is 0.115. The van der Waals surface area contributed by atoms with Gasteiger partial charge in [0.05, 0.1) is 24.1 Å². The predicted octanol–water partition coefficient (Wildman–Crippen LogP) is 2.04. The summed E-state index contributed by atoms with van der Waals surface area (Å²) in [7, 11) is -3.63. The van der Waals surface area contributed by atoms with Crippen molar-refractivity contribution >= 4 is 37.4 Å². The molecule has 1 aliphatic heterocycles. The second-order valence-electron chi connectivity index (χ2n) is 13.4. The van der Waals surface area contributed by atoms with Crippen LogP contribution in [0.25, 0.3) is 0 Å². The Balaban J connectivity index is 1.57. The van der Waals surface area contributed by atoms with Gasteiger partial charge in [0.25, 0.3) is 0 Å². The van der Waals surface area contributed by atoms with Gasteiger partial charge in [-0.15, -0.1) is 0 Å². The quantitative estimate of drug-likeness (QED) is 0.430. The monoisotopic (exact) mass is 610 g/mol. The van der Waals surface area contributed by atoms with E-state index in [1.54, 1.807) is 23.9 Å². The molecule has 4 atom stereocenters. The van der Waals surface area contributed by atoms with Crippen LogP contribution in [0, 0.1) is 23.7 Å². The van der Waals surface area contributed by atoms with Crippen LogP contribution in [0.4, 0.5) is 5.69 Å². The molecule has 1 heterocycles. The van der Waals surface area contributed by atoms with E-state index in [0.717, 1.165) is 23.9 Å². The summed E-state index contributed by atoms with van der Waals surface area (Å²) in [6, 6.07) is 6.92. The fourth-order valence-corrected chi connectivity index (χ4v) is 10.8. The lowest BCUT2D eigenvalue weighted by Gasteiger charge is -2.50.